The second-order valence-electron chi connectivity index (χ2n) is 5.94. The molecule has 0 aliphatic carbocycles. The van der Waals surface area contributed by atoms with Crippen LogP contribution in [0.15, 0.2) is 67.0 Å². The average molecular weight is 358 g/mol. The highest BCUT2D eigenvalue weighted by atomic mass is 16.6. The number of para-hydroxylation sites is 1. The molecule has 0 saturated heterocycles. The van der Waals surface area contributed by atoms with Crippen molar-refractivity contribution in [2.24, 2.45) is 0 Å². The molecule has 7 nitrogen and oxygen atoms in total. The zero-order valence-corrected chi connectivity index (χ0v) is 14.4. The molecule has 0 amide bonds. The number of ether oxygens (including phenoxy) is 1. The van der Waals surface area contributed by atoms with Crippen LogP contribution in [0.3, 0.4) is 0 Å². The van der Waals surface area contributed by atoms with Gasteiger partial charge in [0, 0.05) is 24.0 Å². The maximum absolute atomic E-state index is 11.4. The predicted octanol–water partition coefficient (Wildman–Crippen LogP) is 4.70. The van der Waals surface area contributed by atoms with E-state index in [1.807, 2.05) is 37.3 Å². The number of benzene rings is 2. The van der Waals surface area contributed by atoms with Gasteiger partial charge in [-0.05, 0) is 42.8 Å². The molecule has 0 unspecified atom stereocenters. The summed E-state index contributed by atoms with van der Waals surface area (Å²) in [6.45, 7) is 1.84. The molecule has 0 bridgehead atoms. The molecule has 4 aromatic rings. The van der Waals surface area contributed by atoms with E-state index in [1.165, 1.54) is 6.07 Å². The van der Waals surface area contributed by atoms with Gasteiger partial charge in [-0.1, -0.05) is 18.2 Å². The number of nitro benzene ring substituents is 1. The van der Waals surface area contributed by atoms with Crippen molar-refractivity contribution in [3.63, 3.8) is 0 Å². The molecule has 0 N–H and O–H groups in total. The second kappa shape index (κ2) is 6.80. The number of hydrogen-bond donors (Lipinski definition) is 0. The van der Waals surface area contributed by atoms with Crippen LogP contribution in [-0.4, -0.2) is 19.9 Å². The van der Waals surface area contributed by atoms with E-state index in [1.54, 1.807) is 30.6 Å². The Morgan fingerprint density at radius 3 is 2.67 bits per heavy atom. The van der Waals surface area contributed by atoms with Gasteiger partial charge in [0.1, 0.15) is 0 Å². The molecule has 0 aliphatic heterocycles. The van der Waals surface area contributed by atoms with Crippen molar-refractivity contribution in [3.8, 4) is 23.0 Å². The lowest BCUT2D eigenvalue weighted by atomic mass is 10.2. The molecule has 2 aromatic heterocycles. The van der Waals surface area contributed by atoms with Gasteiger partial charge in [0.15, 0.2) is 5.82 Å². The summed E-state index contributed by atoms with van der Waals surface area (Å²) < 4.78 is 5.91. The van der Waals surface area contributed by atoms with E-state index in [2.05, 4.69) is 15.0 Å². The normalized spacial score (nSPS) is 10.7. The first-order chi connectivity index (χ1) is 13.1. The molecule has 132 valence electrons. The summed E-state index contributed by atoms with van der Waals surface area (Å²) in [5.74, 6) is 0.834. The second-order valence-corrected chi connectivity index (χ2v) is 5.94. The molecule has 0 saturated carbocycles. The average Bonchev–Trinajstić information content (AvgIpc) is 2.68. The fourth-order valence-electron chi connectivity index (χ4n) is 2.71. The van der Waals surface area contributed by atoms with Crippen molar-refractivity contribution in [1.82, 2.24) is 15.0 Å². The first-order valence-corrected chi connectivity index (χ1v) is 8.22. The smallest absolute Gasteiger partial charge is 0.311 e. The number of nitrogens with zero attached hydrogens (tertiary/aromatic N) is 4. The fraction of sp³-hybridized carbons (Fsp3) is 0.0500. The van der Waals surface area contributed by atoms with E-state index < -0.39 is 4.92 Å². The van der Waals surface area contributed by atoms with E-state index in [4.69, 9.17) is 4.74 Å². The standard InChI is InChI=1S/C20H14N4O3/c1-13-8-9-17(24(25)26)18(11-13)27-20-15-6-2-3-7-16(15)22-19(23-20)14-5-4-10-21-12-14/h2-12H,1H3. The van der Waals surface area contributed by atoms with Gasteiger partial charge in [-0.15, -0.1) is 0 Å². The number of pyridine rings is 1. The van der Waals surface area contributed by atoms with Crippen molar-refractivity contribution >= 4 is 16.6 Å². The third-order valence-electron chi connectivity index (χ3n) is 4.01. The first kappa shape index (κ1) is 16.6. The predicted molar refractivity (Wildman–Crippen MR) is 101 cm³/mol. The molecule has 0 spiro atoms. The number of fused-ring (bicyclic) bond motifs is 1. The Morgan fingerprint density at radius 1 is 1.04 bits per heavy atom. The SMILES string of the molecule is Cc1ccc([N+](=O)[O-])c(Oc2nc(-c3cccnc3)nc3ccccc23)c1. The van der Waals surface area contributed by atoms with Crippen molar-refractivity contribution < 1.29 is 9.66 Å². The Bertz CT molecular complexity index is 1150. The summed E-state index contributed by atoms with van der Waals surface area (Å²) in [6.07, 6.45) is 3.32. The molecular formula is C20H14N4O3. The lowest BCUT2D eigenvalue weighted by Gasteiger charge is -2.10. The van der Waals surface area contributed by atoms with Crippen LogP contribution in [0.1, 0.15) is 5.56 Å². The van der Waals surface area contributed by atoms with Crippen molar-refractivity contribution in [3.05, 3.63) is 82.7 Å². The highest BCUT2D eigenvalue weighted by Gasteiger charge is 2.18. The lowest BCUT2D eigenvalue weighted by Crippen LogP contribution is -1.99. The van der Waals surface area contributed by atoms with Crippen LogP contribution in [0.5, 0.6) is 11.6 Å². The third kappa shape index (κ3) is 3.30. The summed E-state index contributed by atoms with van der Waals surface area (Å²) in [5.41, 5.74) is 2.14. The van der Waals surface area contributed by atoms with Crippen molar-refractivity contribution in [1.29, 1.82) is 0 Å². The van der Waals surface area contributed by atoms with Gasteiger partial charge in [-0.25, -0.2) is 4.98 Å². The van der Waals surface area contributed by atoms with Crippen LogP contribution >= 0.6 is 0 Å². The van der Waals surface area contributed by atoms with E-state index >= 15 is 0 Å². The molecule has 2 heterocycles. The Labute approximate surface area is 154 Å². The minimum atomic E-state index is -0.472. The van der Waals surface area contributed by atoms with Crippen LogP contribution in [-0.2, 0) is 0 Å². The molecule has 0 radical (unpaired) electrons. The van der Waals surface area contributed by atoms with Gasteiger partial charge in [-0.2, -0.15) is 4.98 Å². The first-order valence-electron chi connectivity index (χ1n) is 8.22. The maximum atomic E-state index is 11.4. The minimum Gasteiger partial charge on any atom is -0.431 e. The summed E-state index contributed by atoms with van der Waals surface area (Å²) in [4.78, 5) is 24.0. The van der Waals surface area contributed by atoms with E-state index in [-0.39, 0.29) is 17.3 Å². The molecular weight excluding hydrogens is 344 g/mol. The summed E-state index contributed by atoms with van der Waals surface area (Å²) in [6, 6.07) is 15.7. The number of aromatic nitrogens is 3. The van der Waals surface area contributed by atoms with Crippen LogP contribution in [0.25, 0.3) is 22.3 Å². The number of hydrogen-bond acceptors (Lipinski definition) is 6. The Balaban J connectivity index is 1.89. The van der Waals surface area contributed by atoms with Crippen LogP contribution in [0.2, 0.25) is 0 Å². The fourth-order valence-corrected chi connectivity index (χ4v) is 2.71. The van der Waals surface area contributed by atoms with Crippen LogP contribution in [0.4, 0.5) is 5.69 Å². The molecule has 7 heteroatoms. The van der Waals surface area contributed by atoms with E-state index in [9.17, 15) is 10.1 Å². The van der Waals surface area contributed by atoms with Crippen molar-refractivity contribution in [2.45, 2.75) is 6.92 Å². The number of aryl methyl sites for hydroxylation is 1. The molecule has 0 fully saturated rings. The zero-order valence-electron chi connectivity index (χ0n) is 14.4. The number of rotatable bonds is 4. The van der Waals surface area contributed by atoms with Gasteiger partial charge in [0.25, 0.3) is 0 Å². The Hall–Kier alpha value is -3.87. The molecule has 27 heavy (non-hydrogen) atoms. The van der Waals surface area contributed by atoms with Crippen molar-refractivity contribution in [2.75, 3.05) is 0 Å². The molecule has 0 atom stereocenters. The van der Waals surface area contributed by atoms with Crippen LogP contribution in [0, 0.1) is 17.0 Å². The highest BCUT2D eigenvalue weighted by molar-refractivity contribution is 5.85. The lowest BCUT2D eigenvalue weighted by molar-refractivity contribution is -0.385. The minimum absolute atomic E-state index is 0.119. The highest BCUT2D eigenvalue weighted by Crippen LogP contribution is 2.35. The van der Waals surface area contributed by atoms with Gasteiger partial charge >= 0.3 is 5.69 Å². The van der Waals surface area contributed by atoms with Gasteiger partial charge in [-0.3, -0.25) is 15.1 Å². The number of nitro groups is 1. The quantitative estimate of drug-likeness (QED) is 0.388. The summed E-state index contributed by atoms with van der Waals surface area (Å²) in [5, 5.41) is 12.0. The topological polar surface area (TPSA) is 91.0 Å². The van der Waals surface area contributed by atoms with E-state index in [0.717, 1.165) is 11.1 Å². The molecule has 4 rings (SSSR count). The largest absolute Gasteiger partial charge is 0.431 e. The van der Waals surface area contributed by atoms with Gasteiger partial charge in [0.2, 0.25) is 11.6 Å². The third-order valence-corrected chi connectivity index (χ3v) is 4.01. The monoisotopic (exact) mass is 358 g/mol. The van der Waals surface area contributed by atoms with E-state index in [0.29, 0.717) is 16.7 Å². The van der Waals surface area contributed by atoms with Gasteiger partial charge < -0.3 is 4.74 Å². The maximum Gasteiger partial charge on any atom is 0.311 e. The summed E-state index contributed by atoms with van der Waals surface area (Å²) in [7, 11) is 0. The van der Waals surface area contributed by atoms with Crippen LogP contribution < -0.4 is 4.74 Å². The summed E-state index contributed by atoms with van der Waals surface area (Å²) >= 11 is 0. The molecule has 2 aromatic carbocycles. The molecule has 0 aliphatic rings. The van der Waals surface area contributed by atoms with Gasteiger partial charge in [0.05, 0.1) is 15.8 Å². The Kier molecular flexibility index (Phi) is 4.18. The zero-order chi connectivity index (χ0) is 18.8. The Morgan fingerprint density at radius 2 is 1.89 bits per heavy atom.